The van der Waals surface area contributed by atoms with Gasteiger partial charge in [0.05, 0.1) is 9.30 Å². The highest BCUT2D eigenvalue weighted by atomic mass is 127. The normalized spacial score (nSPS) is 21.7. The van der Waals surface area contributed by atoms with Crippen LogP contribution in [0.2, 0.25) is 0 Å². The first-order valence-electron chi connectivity index (χ1n) is 5.96. The van der Waals surface area contributed by atoms with Crippen LogP contribution in [-0.2, 0) is 6.42 Å². The molecule has 1 aromatic heterocycles. The van der Waals surface area contributed by atoms with E-state index >= 15 is 0 Å². The maximum absolute atomic E-state index is 12.3. The van der Waals surface area contributed by atoms with Crippen LogP contribution in [0.5, 0.6) is 0 Å². The topological polar surface area (TPSA) is 12.0 Å². The fourth-order valence-corrected chi connectivity index (χ4v) is 4.56. The molecule has 0 radical (unpaired) electrons. The molecule has 18 heavy (non-hydrogen) atoms. The van der Waals surface area contributed by atoms with E-state index in [1.54, 1.807) is 18.3 Å². The second-order valence-electron chi connectivity index (χ2n) is 4.76. The molecule has 2 atom stereocenters. The number of hydrogen-bond donors (Lipinski definition) is 1. The highest BCUT2D eigenvalue weighted by Gasteiger charge is 2.32. The van der Waals surface area contributed by atoms with Gasteiger partial charge < -0.3 is 5.32 Å². The van der Waals surface area contributed by atoms with Crippen molar-refractivity contribution < 1.29 is 13.2 Å². The summed E-state index contributed by atoms with van der Waals surface area (Å²) >= 11 is 4.04. The average Bonchev–Trinajstić information content (AvgIpc) is 2.56. The van der Waals surface area contributed by atoms with Crippen molar-refractivity contribution >= 4 is 33.9 Å². The molecule has 2 unspecified atom stereocenters. The number of rotatable bonds is 3. The summed E-state index contributed by atoms with van der Waals surface area (Å²) in [6, 6.07) is 1.67. The molecule has 0 saturated carbocycles. The summed E-state index contributed by atoms with van der Waals surface area (Å²) in [5.74, 6) is 0. The van der Waals surface area contributed by atoms with Crippen molar-refractivity contribution in [3.05, 3.63) is 19.4 Å². The zero-order chi connectivity index (χ0) is 13.3. The van der Waals surface area contributed by atoms with E-state index in [-0.39, 0.29) is 6.04 Å². The molecule has 6 heteroatoms. The number of alkyl halides is 3. The zero-order valence-corrected chi connectivity index (χ0v) is 13.0. The molecule has 1 aliphatic carbocycles. The summed E-state index contributed by atoms with van der Waals surface area (Å²) in [4.78, 5) is 1.34. The van der Waals surface area contributed by atoms with Crippen LogP contribution < -0.4 is 5.32 Å². The molecule has 0 aliphatic heterocycles. The van der Waals surface area contributed by atoms with Crippen molar-refractivity contribution in [2.75, 3.05) is 0 Å². The molecule has 0 saturated heterocycles. The van der Waals surface area contributed by atoms with E-state index in [1.807, 2.05) is 0 Å². The first kappa shape index (κ1) is 14.6. The van der Waals surface area contributed by atoms with Gasteiger partial charge in [-0.2, -0.15) is 13.2 Å². The predicted molar refractivity (Wildman–Crippen MR) is 76.0 cm³/mol. The molecule has 1 N–H and O–H groups in total. The SMILES string of the molecule is CC(CC(F)(F)F)NC1CCCc2sc(I)cc21. The Kier molecular flexibility index (Phi) is 4.59. The Morgan fingerprint density at radius 3 is 2.94 bits per heavy atom. The minimum Gasteiger partial charge on any atom is -0.307 e. The molecule has 0 amide bonds. The van der Waals surface area contributed by atoms with Crippen LogP contribution in [0.3, 0.4) is 0 Å². The summed E-state index contributed by atoms with van der Waals surface area (Å²) < 4.78 is 38.2. The quantitative estimate of drug-likeness (QED) is 0.742. The van der Waals surface area contributed by atoms with Crippen molar-refractivity contribution in [3.63, 3.8) is 0 Å². The van der Waals surface area contributed by atoms with Gasteiger partial charge in [-0.1, -0.05) is 0 Å². The Hall–Kier alpha value is 0.180. The van der Waals surface area contributed by atoms with E-state index < -0.39 is 18.6 Å². The number of halogens is 4. The lowest BCUT2D eigenvalue weighted by Crippen LogP contribution is -2.35. The maximum Gasteiger partial charge on any atom is 0.390 e. The van der Waals surface area contributed by atoms with E-state index in [2.05, 4.69) is 34.0 Å². The minimum atomic E-state index is -4.09. The number of fused-ring (bicyclic) bond motifs is 1. The van der Waals surface area contributed by atoms with E-state index in [4.69, 9.17) is 0 Å². The molecule has 2 rings (SSSR count). The van der Waals surface area contributed by atoms with E-state index in [9.17, 15) is 13.2 Å². The Morgan fingerprint density at radius 1 is 1.56 bits per heavy atom. The van der Waals surface area contributed by atoms with Gasteiger partial charge in [0.1, 0.15) is 0 Å². The van der Waals surface area contributed by atoms with Gasteiger partial charge >= 0.3 is 6.18 Å². The predicted octanol–water partition coefficient (Wildman–Crippen LogP) is 4.66. The highest BCUT2D eigenvalue weighted by Crippen LogP contribution is 2.37. The molecule has 1 aliphatic rings. The van der Waals surface area contributed by atoms with E-state index in [1.165, 1.54) is 13.3 Å². The fourth-order valence-electron chi connectivity index (χ4n) is 2.44. The molecular weight excluding hydrogens is 374 g/mol. The van der Waals surface area contributed by atoms with Crippen molar-refractivity contribution in [1.82, 2.24) is 5.32 Å². The van der Waals surface area contributed by atoms with Crippen molar-refractivity contribution in [1.29, 1.82) is 0 Å². The molecule has 102 valence electrons. The molecule has 1 aromatic rings. The third kappa shape index (κ3) is 3.84. The van der Waals surface area contributed by atoms with Crippen LogP contribution in [0.15, 0.2) is 6.07 Å². The Balaban J connectivity index is 2.02. The molecular formula is C12H15F3INS. The average molecular weight is 389 g/mol. The summed E-state index contributed by atoms with van der Waals surface area (Å²) in [6.45, 7) is 1.61. The summed E-state index contributed by atoms with van der Waals surface area (Å²) in [5, 5.41) is 3.13. The van der Waals surface area contributed by atoms with Gasteiger partial charge in [0, 0.05) is 17.0 Å². The summed E-state index contributed by atoms with van der Waals surface area (Å²) in [6.07, 6.45) is -1.80. The summed E-state index contributed by atoms with van der Waals surface area (Å²) in [5.41, 5.74) is 1.21. The third-order valence-corrected chi connectivity index (χ3v) is 5.08. The van der Waals surface area contributed by atoms with Gasteiger partial charge in [-0.15, -0.1) is 11.3 Å². The number of aryl methyl sites for hydroxylation is 1. The van der Waals surface area contributed by atoms with Crippen LogP contribution in [0.1, 0.15) is 42.7 Å². The molecule has 0 bridgehead atoms. The van der Waals surface area contributed by atoms with Gasteiger partial charge in [-0.05, 0) is 60.4 Å². The van der Waals surface area contributed by atoms with Crippen LogP contribution >= 0.6 is 33.9 Å². The van der Waals surface area contributed by atoms with Crippen LogP contribution in [0.25, 0.3) is 0 Å². The number of nitrogens with one attached hydrogen (secondary N) is 1. The summed E-state index contributed by atoms with van der Waals surface area (Å²) in [7, 11) is 0. The van der Waals surface area contributed by atoms with E-state index in [0.717, 1.165) is 19.3 Å². The van der Waals surface area contributed by atoms with Gasteiger partial charge in [0.2, 0.25) is 0 Å². The smallest absolute Gasteiger partial charge is 0.307 e. The van der Waals surface area contributed by atoms with Gasteiger partial charge in [0.15, 0.2) is 0 Å². The second kappa shape index (κ2) is 5.66. The Morgan fingerprint density at radius 2 is 2.28 bits per heavy atom. The second-order valence-corrected chi connectivity index (χ2v) is 7.79. The molecule has 1 heterocycles. The Labute approximate surface area is 122 Å². The van der Waals surface area contributed by atoms with Crippen LogP contribution in [-0.4, -0.2) is 12.2 Å². The first-order chi connectivity index (χ1) is 8.35. The highest BCUT2D eigenvalue weighted by molar-refractivity contribution is 14.1. The molecule has 0 aromatic carbocycles. The van der Waals surface area contributed by atoms with Crippen molar-refractivity contribution in [3.8, 4) is 0 Å². The maximum atomic E-state index is 12.3. The number of hydrogen-bond acceptors (Lipinski definition) is 2. The largest absolute Gasteiger partial charge is 0.390 e. The third-order valence-electron chi connectivity index (χ3n) is 3.11. The lowest BCUT2D eigenvalue weighted by Gasteiger charge is -2.27. The van der Waals surface area contributed by atoms with Crippen molar-refractivity contribution in [2.45, 2.75) is 50.9 Å². The minimum absolute atomic E-state index is 0.0888. The van der Waals surface area contributed by atoms with Crippen LogP contribution in [0, 0.1) is 2.88 Å². The lowest BCUT2D eigenvalue weighted by atomic mass is 9.93. The lowest BCUT2D eigenvalue weighted by molar-refractivity contribution is -0.139. The fraction of sp³-hybridized carbons (Fsp3) is 0.667. The van der Waals surface area contributed by atoms with Gasteiger partial charge in [0.25, 0.3) is 0 Å². The monoisotopic (exact) mass is 389 g/mol. The standard InChI is InChI=1S/C12H15F3INS/c1-7(6-12(13,14)15)17-9-3-2-4-10-8(9)5-11(16)18-10/h5,7,9,17H,2-4,6H2,1H3. The van der Waals surface area contributed by atoms with E-state index in [0.29, 0.717) is 0 Å². The molecule has 0 spiro atoms. The molecule has 1 nitrogen and oxygen atoms in total. The van der Waals surface area contributed by atoms with Crippen LogP contribution in [0.4, 0.5) is 13.2 Å². The van der Waals surface area contributed by atoms with Crippen molar-refractivity contribution in [2.24, 2.45) is 0 Å². The number of thiophene rings is 1. The molecule has 0 fully saturated rings. The first-order valence-corrected chi connectivity index (χ1v) is 7.85. The van der Waals surface area contributed by atoms with Gasteiger partial charge in [-0.3, -0.25) is 0 Å². The Bertz CT molecular complexity index is 416. The zero-order valence-electron chi connectivity index (χ0n) is 9.98. The van der Waals surface area contributed by atoms with Gasteiger partial charge in [-0.25, -0.2) is 0 Å².